The molecule has 1 aliphatic rings. The predicted octanol–water partition coefficient (Wildman–Crippen LogP) is 3.03. The van der Waals surface area contributed by atoms with Gasteiger partial charge in [0.2, 0.25) is 0 Å². The molecule has 0 aliphatic carbocycles. The molecule has 0 amide bonds. The van der Waals surface area contributed by atoms with Gasteiger partial charge in [0.25, 0.3) is 0 Å². The molecule has 4 heteroatoms. The zero-order valence-electron chi connectivity index (χ0n) is 15.6. The van der Waals surface area contributed by atoms with Crippen molar-refractivity contribution in [2.45, 2.75) is 26.2 Å². The first-order chi connectivity index (χ1) is 11.5. The van der Waals surface area contributed by atoms with Crippen molar-refractivity contribution in [3.8, 4) is 0 Å². The number of nitrogens with one attached hydrogen (secondary N) is 1. The lowest BCUT2D eigenvalue weighted by atomic mass is 9.85. The average Bonchev–Trinajstić information content (AvgIpc) is 2.62. The lowest BCUT2D eigenvalue weighted by Crippen LogP contribution is -2.37. The molecule has 1 heterocycles. The highest BCUT2D eigenvalue weighted by Gasteiger charge is 2.24. The van der Waals surface area contributed by atoms with Gasteiger partial charge in [-0.05, 0) is 63.9 Å². The molecule has 2 unspecified atom stereocenters. The highest BCUT2D eigenvalue weighted by atomic mass is 16.5. The van der Waals surface area contributed by atoms with E-state index in [9.17, 15) is 4.79 Å². The molecule has 1 saturated heterocycles. The third-order valence-electron chi connectivity index (χ3n) is 5.01. The standard InChI is InChI=1S/C20H34N2O2/c1-16(6-7-18(3)24-5)17(2)10-13-22(4)14-20(15-23)19-8-11-21-12-9-19/h6-7,15,17,19-21H,1,3,8-14H2,2,4-5H3/b7-6-. The van der Waals surface area contributed by atoms with Crippen LogP contribution in [0.5, 0.6) is 0 Å². The second kappa shape index (κ2) is 11.2. The fourth-order valence-corrected chi connectivity index (χ4v) is 3.06. The van der Waals surface area contributed by atoms with Crippen molar-refractivity contribution in [3.05, 3.63) is 36.6 Å². The monoisotopic (exact) mass is 334 g/mol. The largest absolute Gasteiger partial charge is 0.497 e. The number of carbonyl (C=O) groups is 1. The first-order valence-corrected chi connectivity index (χ1v) is 8.92. The Morgan fingerprint density at radius 1 is 1.33 bits per heavy atom. The van der Waals surface area contributed by atoms with Crippen LogP contribution in [0.2, 0.25) is 0 Å². The SMILES string of the molecule is C=C(/C=C\C(=C)C(C)CCN(C)CC(C=O)C1CCNCC1)OC. The van der Waals surface area contributed by atoms with Crippen LogP contribution < -0.4 is 5.32 Å². The molecular formula is C20H34N2O2. The number of ether oxygens (including phenoxy) is 1. The van der Waals surface area contributed by atoms with E-state index in [-0.39, 0.29) is 5.92 Å². The summed E-state index contributed by atoms with van der Waals surface area (Å²) in [6.45, 7) is 14.0. The Kier molecular flexibility index (Phi) is 9.65. The molecule has 0 aromatic carbocycles. The molecular weight excluding hydrogens is 300 g/mol. The Morgan fingerprint density at radius 2 is 2.00 bits per heavy atom. The van der Waals surface area contributed by atoms with Gasteiger partial charge in [-0.3, -0.25) is 0 Å². The van der Waals surface area contributed by atoms with E-state index < -0.39 is 0 Å². The Morgan fingerprint density at radius 3 is 2.58 bits per heavy atom. The van der Waals surface area contributed by atoms with Crippen LogP contribution in [0.1, 0.15) is 26.2 Å². The van der Waals surface area contributed by atoms with Crippen molar-refractivity contribution in [2.24, 2.45) is 17.8 Å². The molecule has 0 aromatic rings. The molecule has 0 spiro atoms. The van der Waals surface area contributed by atoms with Crippen LogP contribution in [-0.4, -0.2) is 51.5 Å². The average molecular weight is 335 g/mol. The highest BCUT2D eigenvalue weighted by molar-refractivity contribution is 5.54. The number of methoxy groups -OCH3 is 1. The molecule has 0 saturated carbocycles. The third kappa shape index (κ3) is 7.45. The summed E-state index contributed by atoms with van der Waals surface area (Å²) in [5, 5.41) is 3.36. The molecule has 0 radical (unpaired) electrons. The minimum Gasteiger partial charge on any atom is -0.497 e. The topological polar surface area (TPSA) is 41.6 Å². The smallest absolute Gasteiger partial charge is 0.124 e. The van der Waals surface area contributed by atoms with Crippen LogP contribution >= 0.6 is 0 Å². The normalized spacial score (nSPS) is 18.5. The number of nitrogens with zero attached hydrogens (tertiary/aromatic N) is 1. The summed E-state index contributed by atoms with van der Waals surface area (Å²) in [7, 11) is 3.72. The maximum atomic E-state index is 11.5. The van der Waals surface area contributed by atoms with E-state index in [4.69, 9.17) is 4.74 Å². The highest BCUT2D eigenvalue weighted by Crippen LogP contribution is 2.22. The number of piperidine rings is 1. The van der Waals surface area contributed by atoms with Crippen LogP contribution in [0.3, 0.4) is 0 Å². The first kappa shape index (κ1) is 20.7. The summed E-state index contributed by atoms with van der Waals surface area (Å²) >= 11 is 0. The van der Waals surface area contributed by atoms with Crippen molar-refractivity contribution in [3.63, 3.8) is 0 Å². The number of aldehydes is 1. The Balaban J connectivity index is 2.36. The van der Waals surface area contributed by atoms with Gasteiger partial charge >= 0.3 is 0 Å². The molecule has 1 N–H and O–H groups in total. The fraction of sp³-hybridized carbons (Fsp3) is 0.650. The van der Waals surface area contributed by atoms with Gasteiger partial charge in [0, 0.05) is 12.5 Å². The molecule has 2 atom stereocenters. The van der Waals surface area contributed by atoms with Gasteiger partial charge in [0.1, 0.15) is 12.0 Å². The zero-order chi connectivity index (χ0) is 17.9. The van der Waals surface area contributed by atoms with Gasteiger partial charge in [-0.15, -0.1) is 0 Å². The molecule has 0 bridgehead atoms. The van der Waals surface area contributed by atoms with Crippen LogP contribution in [-0.2, 0) is 9.53 Å². The van der Waals surface area contributed by atoms with Crippen LogP contribution in [0.15, 0.2) is 36.6 Å². The molecule has 1 rings (SSSR count). The maximum Gasteiger partial charge on any atom is 0.124 e. The second-order valence-corrected chi connectivity index (χ2v) is 6.92. The number of hydrogen-bond acceptors (Lipinski definition) is 4. The van der Waals surface area contributed by atoms with Crippen molar-refractivity contribution < 1.29 is 9.53 Å². The molecule has 1 aliphatic heterocycles. The molecule has 136 valence electrons. The summed E-state index contributed by atoms with van der Waals surface area (Å²) in [6, 6.07) is 0. The van der Waals surface area contributed by atoms with Crippen LogP contribution in [0.4, 0.5) is 0 Å². The number of allylic oxidation sites excluding steroid dienone is 3. The maximum absolute atomic E-state index is 11.5. The van der Waals surface area contributed by atoms with Gasteiger partial charge in [0.05, 0.1) is 7.11 Å². The third-order valence-corrected chi connectivity index (χ3v) is 5.01. The van der Waals surface area contributed by atoms with E-state index in [1.54, 1.807) is 7.11 Å². The number of hydrogen-bond donors (Lipinski definition) is 1. The molecule has 4 nitrogen and oxygen atoms in total. The predicted molar refractivity (Wildman–Crippen MR) is 101 cm³/mol. The number of carbonyl (C=O) groups excluding carboxylic acids is 1. The van der Waals surface area contributed by atoms with Crippen LogP contribution in [0.25, 0.3) is 0 Å². The van der Waals surface area contributed by atoms with Gasteiger partial charge in [0.15, 0.2) is 0 Å². The van der Waals surface area contributed by atoms with Gasteiger partial charge in [-0.25, -0.2) is 0 Å². The zero-order valence-corrected chi connectivity index (χ0v) is 15.6. The van der Waals surface area contributed by atoms with Crippen molar-refractivity contribution in [2.75, 3.05) is 40.3 Å². The van der Waals surface area contributed by atoms with Crippen LogP contribution in [0, 0.1) is 17.8 Å². The Bertz CT molecular complexity index is 439. The van der Waals surface area contributed by atoms with Gasteiger partial charge in [-0.2, -0.15) is 0 Å². The molecule has 0 aromatic heterocycles. The van der Waals surface area contributed by atoms with E-state index >= 15 is 0 Å². The summed E-state index contributed by atoms with van der Waals surface area (Å²) in [6.07, 6.45) is 8.23. The minimum absolute atomic E-state index is 0.153. The lowest BCUT2D eigenvalue weighted by molar-refractivity contribution is -0.113. The van der Waals surface area contributed by atoms with Crippen molar-refractivity contribution >= 4 is 6.29 Å². The van der Waals surface area contributed by atoms with E-state index in [2.05, 4.69) is 37.3 Å². The Labute approximate surface area is 147 Å². The van der Waals surface area contributed by atoms with Crippen molar-refractivity contribution in [1.29, 1.82) is 0 Å². The van der Waals surface area contributed by atoms with E-state index in [0.29, 0.717) is 17.6 Å². The fourth-order valence-electron chi connectivity index (χ4n) is 3.06. The summed E-state index contributed by atoms with van der Waals surface area (Å²) in [5.41, 5.74) is 1.08. The molecule has 1 fully saturated rings. The van der Waals surface area contributed by atoms with E-state index in [1.807, 2.05) is 12.2 Å². The quantitative estimate of drug-likeness (QED) is 0.358. The molecule has 24 heavy (non-hydrogen) atoms. The summed E-state index contributed by atoms with van der Waals surface area (Å²) in [4.78, 5) is 13.8. The van der Waals surface area contributed by atoms with Crippen molar-refractivity contribution in [1.82, 2.24) is 10.2 Å². The first-order valence-electron chi connectivity index (χ1n) is 8.92. The lowest BCUT2D eigenvalue weighted by Gasteiger charge is -2.30. The Hall–Kier alpha value is -1.39. The van der Waals surface area contributed by atoms with Gasteiger partial charge < -0.3 is 19.7 Å². The van der Waals surface area contributed by atoms with E-state index in [1.165, 1.54) is 0 Å². The summed E-state index contributed by atoms with van der Waals surface area (Å²) < 4.78 is 5.02. The number of rotatable bonds is 11. The second-order valence-electron chi connectivity index (χ2n) is 6.92. The summed E-state index contributed by atoms with van der Waals surface area (Å²) in [5.74, 6) is 1.71. The van der Waals surface area contributed by atoms with E-state index in [0.717, 1.165) is 57.3 Å². The minimum atomic E-state index is 0.153. The van der Waals surface area contributed by atoms with Gasteiger partial charge in [-0.1, -0.05) is 31.7 Å².